The molecular weight excluding hydrogens is 316 g/mol. The molecule has 2 saturated heterocycles. The van der Waals surface area contributed by atoms with Crippen molar-refractivity contribution in [3.63, 3.8) is 0 Å². The monoisotopic (exact) mass is 346 g/mol. The minimum Gasteiger partial charge on any atom is -0.373 e. The topological polar surface area (TPSA) is 42.0 Å². The van der Waals surface area contributed by atoms with Crippen molar-refractivity contribution in [2.45, 2.75) is 51.5 Å². The van der Waals surface area contributed by atoms with Crippen molar-refractivity contribution in [3.05, 3.63) is 35.9 Å². The van der Waals surface area contributed by atoms with Gasteiger partial charge in [0.05, 0.1) is 18.8 Å². The molecule has 0 aromatic heterocycles. The van der Waals surface area contributed by atoms with Gasteiger partial charge in [-0.15, -0.1) is 0 Å². The van der Waals surface area contributed by atoms with Crippen LogP contribution in [0.3, 0.4) is 0 Å². The summed E-state index contributed by atoms with van der Waals surface area (Å²) in [5.41, 5.74) is 1.10. The molecule has 138 valence electrons. The van der Waals surface area contributed by atoms with Crippen LogP contribution in [0.5, 0.6) is 0 Å². The van der Waals surface area contributed by atoms with Crippen LogP contribution in [0.15, 0.2) is 30.3 Å². The predicted octanol–water partition coefficient (Wildman–Crippen LogP) is 2.30. The smallest absolute Gasteiger partial charge is 0.248 e. The molecule has 0 N–H and O–H groups in total. The number of amides is 1. The molecule has 25 heavy (non-hydrogen) atoms. The molecule has 0 aliphatic carbocycles. The summed E-state index contributed by atoms with van der Waals surface area (Å²) in [6.07, 6.45) is 2.71. The average molecular weight is 346 g/mol. The minimum atomic E-state index is 0.118. The molecule has 0 spiro atoms. The first-order valence-electron chi connectivity index (χ1n) is 9.41. The highest BCUT2D eigenvalue weighted by atomic mass is 16.5. The van der Waals surface area contributed by atoms with Crippen molar-refractivity contribution in [1.82, 2.24) is 9.80 Å². The lowest BCUT2D eigenvalue weighted by molar-refractivity contribution is -0.138. The summed E-state index contributed by atoms with van der Waals surface area (Å²) in [5.74, 6) is 0.118. The summed E-state index contributed by atoms with van der Waals surface area (Å²) >= 11 is 0. The van der Waals surface area contributed by atoms with Gasteiger partial charge in [-0.1, -0.05) is 30.3 Å². The lowest BCUT2D eigenvalue weighted by atomic mass is 10.1. The summed E-state index contributed by atoms with van der Waals surface area (Å²) in [7, 11) is 0. The molecule has 1 aromatic carbocycles. The number of rotatable bonds is 6. The van der Waals surface area contributed by atoms with E-state index in [-0.39, 0.29) is 24.7 Å². The Hall–Kier alpha value is -1.43. The van der Waals surface area contributed by atoms with Crippen molar-refractivity contribution in [1.29, 1.82) is 0 Å². The van der Waals surface area contributed by atoms with Crippen LogP contribution in [0.2, 0.25) is 0 Å². The second-order valence-corrected chi connectivity index (χ2v) is 7.34. The summed E-state index contributed by atoms with van der Waals surface area (Å²) in [5, 5.41) is 0. The maximum absolute atomic E-state index is 12.6. The van der Waals surface area contributed by atoms with Crippen molar-refractivity contribution in [3.8, 4) is 0 Å². The van der Waals surface area contributed by atoms with Crippen molar-refractivity contribution >= 4 is 5.91 Å². The number of hydrogen-bond acceptors (Lipinski definition) is 4. The van der Waals surface area contributed by atoms with Crippen LogP contribution >= 0.6 is 0 Å². The zero-order valence-corrected chi connectivity index (χ0v) is 15.4. The van der Waals surface area contributed by atoms with Gasteiger partial charge in [0.1, 0.15) is 6.61 Å². The van der Waals surface area contributed by atoms with Gasteiger partial charge >= 0.3 is 0 Å². The summed E-state index contributed by atoms with van der Waals surface area (Å²) in [6.45, 7) is 8.61. The lowest BCUT2D eigenvalue weighted by Crippen LogP contribution is -2.51. The largest absolute Gasteiger partial charge is 0.373 e. The van der Waals surface area contributed by atoms with E-state index in [2.05, 4.69) is 18.7 Å². The first kappa shape index (κ1) is 18.4. The zero-order valence-electron chi connectivity index (χ0n) is 15.4. The van der Waals surface area contributed by atoms with Crippen LogP contribution in [0.25, 0.3) is 0 Å². The van der Waals surface area contributed by atoms with Crippen LogP contribution in [0, 0.1) is 0 Å². The fourth-order valence-corrected chi connectivity index (χ4v) is 4.00. The molecule has 2 fully saturated rings. The van der Waals surface area contributed by atoms with E-state index in [0.29, 0.717) is 12.6 Å². The van der Waals surface area contributed by atoms with Crippen molar-refractivity contribution in [2.75, 3.05) is 32.8 Å². The van der Waals surface area contributed by atoms with Gasteiger partial charge in [0, 0.05) is 32.2 Å². The van der Waals surface area contributed by atoms with E-state index < -0.39 is 0 Å². The van der Waals surface area contributed by atoms with E-state index in [4.69, 9.17) is 9.47 Å². The molecule has 2 aliphatic heterocycles. The van der Waals surface area contributed by atoms with Crippen molar-refractivity contribution < 1.29 is 14.3 Å². The number of morpholine rings is 1. The fraction of sp³-hybridized carbons (Fsp3) is 0.650. The van der Waals surface area contributed by atoms with Gasteiger partial charge in [0.2, 0.25) is 5.91 Å². The quantitative estimate of drug-likeness (QED) is 0.793. The van der Waals surface area contributed by atoms with Gasteiger partial charge in [-0.05, 0) is 32.3 Å². The van der Waals surface area contributed by atoms with Crippen LogP contribution in [0.1, 0.15) is 32.3 Å². The number of benzene rings is 1. The molecule has 3 rings (SSSR count). The standard InChI is InChI=1S/C20H30N2O3/c1-16-11-21(12-17(2)25-16)13-19-9-6-10-22(19)20(23)15-24-14-18-7-4-3-5-8-18/h3-5,7-8,16-17,19H,6,9-15H2,1-2H3. The van der Waals surface area contributed by atoms with Gasteiger partial charge in [-0.2, -0.15) is 0 Å². The predicted molar refractivity (Wildman–Crippen MR) is 97.3 cm³/mol. The van der Waals surface area contributed by atoms with E-state index in [9.17, 15) is 4.79 Å². The van der Waals surface area contributed by atoms with E-state index in [1.807, 2.05) is 35.2 Å². The minimum absolute atomic E-state index is 0.118. The molecule has 0 saturated carbocycles. The first-order chi connectivity index (χ1) is 12.1. The van der Waals surface area contributed by atoms with Crippen molar-refractivity contribution in [2.24, 2.45) is 0 Å². The van der Waals surface area contributed by atoms with Gasteiger partial charge < -0.3 is 14.4 Å². The van der Waals surface area contributed by atoms with Gasteiger partial charge in [0.25, 0.3) is 0 Å². The molecule has 0 bridgehead atoms. The summed E-state index contributed by atoms with van der Waals surface area (Å²) in [6, 6.07) is 10.3. The number of nitrogens with zero attached hydrogens (tertiary/aromatic N) is 2. The van der Waals surface area contributed by atoms with Gasteiger partial charge in [0.15, 0.2) is 0 Å². The Morgan fingerprint density at radius 1 is 1.20 bits per heavy atom. The second-order valence-electron chi connectivity index (χ2n) is 7.34. The molecular formula is C20H30N2O3. The second kappa shape index (κ2) is 8.79. The molecule has 2 heterocycles. The maximum atomic E-state index is 12.6. The highest BCUT2D eigenvalue weighted by molar-refractivity contribution is 5.78. The molecule has 5 nitrogen and oxygen atoms in total. The van der Waals surface area contributed by atoms with Gasteiger partial charge in [-0.3, -0.25) is 9.69 Å². The Morgan fingerprint density at radius 3 is 2.64 bits per heavy atom. The first-order valence-corrected chi connectivity index (χ1v) is 9.41. The van der Waals surface area contributed by atoms with E-state index in [1.54, 1.807) is 0 Å². The Kier molecular flexibility index (Phi) is 6.45. The Bertz CT molecular complexity index is 541. The number of carbonyl (C=O) groups excluding carboxylic acids is 1. The highest BCUT2D eigenvalue weighted by Crippen LogP contribution is 2.21. The highest BCUT2D eigenvalue weighted by Gasteiger charge is 2.32. The van der Waals surface area contributed by atoms with Crippen LogP contribution in [-0.2, 0) is 20.9 Å². The number of carbonyl (C=O) groups is 1. The Morgan fingerprint density at radius 2 is 1.92 bits per heavy atom. The third kappa shape index (κ3) is 5.27. The number of hydrogen-bond donors (Lipinski definition) is 0. The van der Waals surface area contributed by atoms with E-state index in [0.717, 1.165) is 44.6 Å². The summed E-state index contributed by atoms with van der Waals surface area (Å²) in [4.78, 5) is 17.0. The normalized spacial score (nSPS) is 27.6. The van der Waals surface area contributed by atoms with Crippen LogP contribution in [-0.4, -0.2) is 66.7 Å². The third-order valence-electron chi connectivity index (χ3n) is 5.00. The van der Waals surface area contributed by atoms with Gasteiger partial charge in [-0.25, -0.2) is 0 Å². The Balaban J connectivity index is 1.46. The SMILES string of the molecule is CC1CN(CC2CCCN2C(=O)COCc2ccccc2)CC(C)O1. The molecule has 0 radical (unpaired) electrons. The molecule has 1 aromatic rings. The van der Waals surface area contributed by atoms with Crippen LogP contribution < -0.4 is 0 Å². The number of ether oxygens (including phenoxy) is 2. The molecule has 3 atom stereocenters. The number of likely N-dealkylation sites (tertiary alicyclic amines) is 1. The zero-order chi connectivity index (χ0) is 17.6. The third-order valence-corrected chi connectivity index (χ3v) is 5.00. The van der Waals surface area contributed by atoms with E-state index in [1.165, 1.54) is 0 Å². The fourth-order valence-electron chi connectivity index (χ4n) is 4.00. The molecule has 5 heteroatoms. The average Bonchev–Trinajstić information content (AvgIpc) is 3.03. The molecule has 2 aliphatic rings. The lowest BCUT2D eigenvalue weighted by Gasteiger charge is -2.38. The summed E-state index contributed by atoms with van der Waals surface area (Å²) < 4.78 is 11.4. The van der Waals surface area contributed by atoms with E-state index >= 15 is 0 Å². The van der Waals surface area contributed by atoms with Crippen LogP contribution in [0.4, 0.5) is 0 Å². The maximum Gasteiger partial charge on any atom is 0.248 e. The molecule has 1 amide bonds. The Labute approximate surface area is 150 Å². The molecule has 3 unspecified atom stereocenters.